The number of nitrogens with zero attached hydrogens (tertiary/aromatic N) is 4. The average molecular weight is 605 g/mol. The van der Waals surface area contributed by atoms with Crippen LogP contribution in [0.1, 0.15) is 44.9 Å². The number of halogens is 1. The third-order valence-electron chi connectivity index (χ3n) is 8.19. The van der Waals surface area contributed by atoms with Gasteiger partial charge in [-0.05, 0) is 54.5 Å². The highest BCUT2D eigenvalue weighted by Gasteiger charge is 2.48. The molecule has 2 saturated heterocycles. The molecule has 1 aliphatic carbocycles. The van der Waals surface area contributed by atoms with E-state index < -0.39 is 40.2 Å². The van der Waals surface area contributed by atoms with Crippen molar-refractivity contribution in [2.75, 3.05) is 26.2 Å². The summed E-state index contributed by atoms with van der Waals surface area (Å²) in [6, 6.07) is 10.4. The molecule has 2 heterocycles. The van der Waals surface area contributed by atoms with Crippen LogP contribution in [0, 0.1) is 5.92 Å². The molecule has 0 aromatic heterocycles. The van der Waals surface area contributed by atoms with Gasteiger partial charge in [0.15, 0.2) is 0 Å². The minimum atomic E-state index is -4.40. The number of benzene rings is 2. The predicted molar refractivity (Wildman–Crippen MR) is 158 cm³/mol. The van der Waals surface area contributed by atoms with Crippen LogP contribution in [0.3, 0.4) is 0 Å². The van der Waals surface area contributed by atoms with Crippen LogP contribution in [0.2, 0.25) is 0 Å². The predicted octanol–water partition coefficient (Wildman–Crippen LogP) is 2.05. The Hall–Kier alpha value is -3.38. The number of likely N-dealkylation sites (tertiary alicyclic amines) is 1. The number of hydrogen-bond donors (Lipinski definition) is 2. The summed E-state index contributed by atoms with van der Waals surface area (Å²) >= 11 is 0. The molecule has 2 atom stereocenters. The van der Waals surface area contributed by atoms with E-state index in [9.17, 15) is 22.8 Å². The van der Waals surface area contributed by atoms with Gasteiger partial charge in [-0.3, -0.25) is 14.4 Å². The highest BCUT2D eigenvalue weighted by molar-refractivity contribution is 7.89. The van der Waals surface area contributed by atoms with E-state index in [0.29, 0.717) is 22.8 Å². The summed E-state index contributed by atoms with van der Waals surface area (Å²) in [5, 5.41) is 7.99. The van der Waals surface area contributed by atoms with Crippen molar-refractivity contribution in [1.82, 2.24) is 19.4 Å². The van der Waals surface area contributed by atoms with Gasteiger partial charge in [0, 0.05) is 25.7 Å². The van der Waals surface area contributed by atoms with Crippen LogP contribution in [-0.4, -0.2) is 84.8 Å². The molecule has 2 aromatic rings. The van der Waals surface area contributed by atoms with Crippen molar-refractivity contribution in [3.8, 4) is 0 Å². The fourth-order valence-electron chi connectivity index (χ4n) is 6.17. The lowest BCUT2D eigenvalue weighted by molar-refractivity contribution is -0.154. The second-order valence-electron chi connectivity index (χ2n) is 10.9. The first-order valence-corrected chi connectivity index (χ1v) is 15.3. The zero-order valence-corrected chi connectivity index (χ0v) is 24.5. The zero-order chi connectivity index (χ0) is 28.3. The van der Waals surface area contributed by atoms with Crippen LogP contribution in [-0.2, 0) is 24.4 Å². The third kappa shape index (κ3) is 6.59. The summed E-state index contributed by atoms with van der Waals surface area (Å²) in [5.74, 6) is 3.77. The van der Waals surface area contributed by atoms with Crippen LogP contribution < -0.4 is 11.2 Å². The van der Waals surface area contributed by atoms with Crippen LogP contribution >= 0.6 is 12.4 Å². The Kier molecular flexibility index (Phi) is 9.75. The molecule has 0 unspecified atom stereocenters. The minimum Gasteiger partial charge on any atom is -0.361 e. The van der Waals surface area contributed by atoms with Gasteiger partial charge in [-0.25, -0.2) is 12.7 Å². The number of piperazine rings is 1. The van der Waals surface area contributed by atoms with E-state index in [4.69, 9.17) is 5.84 Å². The molecule has 0 spiro atoms. The summed E-state index contributed by atoms with van der Waals surface area (Å²) in [5.41, 5.74) is 0. The lowest BCUT2D eigenvalue weighted by Crippen LogP contribution is -2.64. The molecule has 5 rings (SSSR count). The Bertz CT molecular complexity index is 1410. The van der Waals surface area contributed by atoms with E-state index in [1.807, 2.05) is 17.0 Å². The molecule has 222 valence electrons. The number of piperidine rings is 1. The van der Waals surface area contributed by atoms with Crippen LogP contribution in [0.4, 0.5) is 0 Å². The molecular weight excluding hydrogens is 568 g/mol. The van der Waals surface area contributed by atoms with Gasteiger partial charge < -0.3 is 21.0 Å². The van der Waals surface area contributed by atoms with Crippen LogP contribution in [0.25, 0.3) is 10.8 Å². The van der Waals surface area contributed by atoms with Gasteiger partial charge in [0.05, 0.1) is 11.3 Å². The average Bonchev–Trinajstić information content (AvgIpc) is 3.49. The standard InChI is InChI=1S/C28H36N6O5S.ClH/c29-31-19-32-13-5-6-20(17-32)16-30-26(35)15-25-28(37)33(23-9-3-4-10-23)18-27(36)34(25)40(38,39)24-12-11-21-7-1-2-8-22(21)14-24;/h1-2,7-8,11-12,14,19-20,23,25H,3-6,9-10,13,15-18,29H2,(H,30,35);1H/t20-,25-;/m0./s1. The van der Waals surface area contributed by atoms with Crippen LogP contribution in [0.15, 0.2) is 52.5 Å². The molecule has 1 saturated carbocycles. The molecule has 2 aliphatic heterocycles. The second-order valence-corrected chi connectivity index (χ2v) is 12.7. The Balaban J connectivity index is 0.00000387. The van der Waals surface area contributed by atoms with Crippen molar-refractivity contribution in [2.24, 2.45) is 16.9 Å². The number of amides is 3. The van der Waals surface area contributed by atoms with Gasteiger partial charge in [-0.1, -0.05) is 43.2 Å². The number of carbonyl (C=O) groups excluding carboxylic acids is 3. The van der Waals surface area contributed by atoms with Crippen molar-refractivity contribution < 1.29 is 22.8 Å². The highest BCUT2D eigenvalue weighted by Crippen LogP contribution is 2.31. The summed E-state index contributed by atoms with van der Waals surface area (Å²) in [6.45, 7) is 1.57. The fourth-order valence-corrected chi connectivity index (χ4v) is 7.73. The minimum absolute atomic E-state index is 0. The maximum Gasteiger partial charge on any atom is 0.267 e. The summed E-state index contributed by atoms with van der Waals surface area (Å²) in [7, 11) is -4.40. The van der Waals surface area contributed by atoms with Crippen molar-refractivity contribution in [2.45, 2.75) is 61.9 Å². The number of carbonyl (C=O) groups is 3. The smallest absolute Gasteiger partial charge is 0.267 e. The van der Waals surface area contributed by atoms with Crippen molar-refractivity contribution in [3.05, 3.63) is 42.5 Å². The topological polar surface area (TPSA) is 145 Å². The molecule has 2 aromatic carbocycles. The van der Waals surface area contributed by atoms with Crippen molar-refractivity contribution in [3.63, 3.8) is 0 Å². The molecule has 0 bridgehead atoms. The number of sulfonamides is 1. The van der Waals surface area contributed by atoms with Gasteiger partial charge in [0.1, 0.15) is 18.9 Å². The highest BCUT2D eigenvalue weighted by atomic mass is 35.5. The van der Waals surface area contributed by atoms with Crippen molar-refractivity contribution >= 4 is 57.3 Å². The molecule has 3 N–H and O–H groups in total. The molecule has 3 amide bonds. The fraction of sp³-hybridized carbons (Fsp3) is 0.500. The lowest BCUT2D eigenvalue weighted by Gasteiger charge is -2.41. The summed E-state index contributed by atoms with van der Waals surface area (Å²) in [6.07, 6.45) is 6.40. The van der Waals surface area contributed by atoms with Crippen molar-refractivity contribution in [1.29, 1.82) is 0 Å². The van der Waals surface area contributed by atoms with E-state index in [1.165, 1.54) is 17.0 Å². The number of nitrogens with one attached hydrogen (secondary N) is 1. The molecule has 11 nitrogen and oxygen atoms in total. The Morgan fingerprint density at radius 2 is 1.78 bits per heavy atom. The first kappa shape index (κ1) is 30.6. The third-order valence-corrected chi connectivity index (χ3v) is 10.0. The lowest BCUT2D eigenvalue weighted by atomic mass is 9.98. The maximum atomic E-state index is 13.9. The second kappa shape index (κ2) is 13.1. The van der Waals surface area contributed by atoms with Gasteiger partial charge >= 0.3 is 0 Å². The van der Waals surface area contributed by atoms with E-state index in [2.05, 4.69) is 10.4 Å². The number of rotatable bonds is 8. The zero-order valence-electron chi connectivity index (χ0n) is 22.9. The molecular formula is C28H37ClN6O5S. The van der Waals surface area contributed by atoms with Crippen LogP contribution in [0.5, 0.6) is 0 Å². The van der Waals surface area contributed by atoms with Gasteiger partial charge in [0.25, 0.3) is 15.9 Å². The van der Waals surface area contributed by atoms with E-state index >= 15 is 0 Å². The Labute approximate surface area is 246 Å². The number of hydrazone groups is 1. The number of hydrogen-bond acceptors (Lipinski definition) is 7. The first-order chi connectivity index (χ1) is 19.3. The number of nitrogens with two attached hydrogens (primary N) is 1. The van der Waals surface area contributed by atoms with Gasteiger partial charge in [0.2, 0.25) is 11.8 Å². The SMILES string of the molecule is Cl.NN=CN1CCC[C@@H](CNC(=O)C[C@H]2C(=O)N(C3CCCC3)CC(=O)N2S(=O)(=O)c2ccc3ccccc3c2)C1. The Morgan fingerprint density at radius 3 is 2.51 bits per heavy atom. The molecule has 13 heteroatoms. The normalized spacial score (nSPS) is 22.4. The largest absolute Gasteiger partial charge is 0.361 e. The first-order valence-electron chi connectivity index (χ1n) is 13.9. The number of fused-ring (bicyclic) bond motifs is 1. The molecule has 41 heavy (non-hydrogen) atoms. The maximum absolute atomic E-state index is 13.9. The summed E-state index contributed by atoms with van der Waals surface area (Å²) in [4.78, 5) is 43.8. The van der Waals surface area contributed by atoms with Gasteiger partial charge in [-0.15, -0.1) is 12.4 Å². The Morgan fingerprint density at radius 1 is 1.05 bits per heavy atom. The van der Waals surface area contributed by atoms with Gasteiger partial charge in [-0.2, -0.15) is 5.10 Å². The monoisotopic (exact) mass is 604 g/mol. The molecule has 3 fully saturated rings. The van der Waals surface area contributed by atoms with E-state index in [1.54, 1.807) is 24.5 Å². The van der Waals surface area contributed by atoms with E-state index in [0.717, 1.165) is 50.5 Å². The van der Waals surface area contributed by atoms with E-state index in [-0.39, 0.29) is 35.8 Å². The quantitative estimate of drug-likeness (QED) is 0.203. The molecule has 0 radical (unpaired) electrons. The summed E-state index contributed by atoms with van der Waals surface area (Å²) < 4.78 is 28.4. The molecule has 3 aliphatic rings.